The fourth-order valence-electron chi connectivity index (χ4n) is 4.46. The fraction of sp³-hybridized carbons (Fsp3) is 0.667. The number of aliphatic hydroxyl groups is 1. The maximum atomic E-state index is 13.1. The molecular formula is C21H28F3N3O4. The molecule has 31 heavy (non-hydrogen) atoms. The summed E-state index contributed by atoms with van der Waals surface area (Å²) in [6.45, 7) is 3.21. The Morgan fingerprint density at radius 3 is 2.61 bits per heavy atom. The van der Waals surface area contributed by atoms with Crippen LogP contribution in [-0.2, 0) is 0 Å². The fourth-order valence-corrected chi connectivity index (χ4v) is 4.46. The molecule has 1 saturated carbocycles. The first-order chi connectivity index (χ1) is 14.5. The number of carbonyl (C=O) groups excluding carboxylic acids is 1. The highest BCUT2D eigenvalue weighted by Crippen LogP contribution is 2.41. The highest BCUT2D eigenvalue weighted by atomic mass is 19.4. The van der Waals surface area contributed by atoms with Gasteiger partial charge >= 0.3 is 6.18 Å². The van der Waals surface area contributed by atoms with E-state index in [1.54, 1.807) is 0 Å². The van der Waals surface area contributed by atoms with Crippen LogP contribution < -0.4 is 10.2 Å². The molecule has 2 aliphatic rings. The van der Waals surface area contributed by atoms with Gasteiger partial charge in [-0.15, -0.1) is 0 Å². The van der Waals surface area contributed by atoms with Crippen LogP contribution in [0.25, 0.3) is 0 Å². The predicted octanol–water partition coefficient (Wildman–Crippen LogP) is 4.04. The van der Waals surface area contributed by atoms with Gasteiger partial charge in [-0.2, -0.15) is 13.2 Å². The van der Waals surface area contributed by atoms with Crippen LogP contribution in [0.3, 0.4) is 0 Å². The van der Waals surface area contributed by atoms with E-state index < -0.39 is 34.9 Å². The van der Waals surface area contributed by atoms with Gasteiger partial charge < -0.3 is 15.3 Å². The Morgan fingerprint density at radius 1 is 1.32 bits per heavy atom. The van der Waals surface area contributed by atoms with Gasteiger partial charge in [0.1, 0.15) is 0 Å². The van der Waals surface area contributed by atoms with E-state index in [2.05, 4.69) is 12.2 Å². The smallest absolute Gasteiger partial charge is 0.388 e. The first-order valence-corrected chi connectivity index (χ1v) is 10.6. The molecule has 0 aromatic heterocycles. The summed E-state index contributed by atoms with van der Waals surface area (Å²) in [4.78, 5) is 25.5. The van der Waals surface area contributed by atoms with Gasteiger partial charge in [0.05, 0.1) is 27.7 Å². The van der Waals surface area contributed by atoms with Gasteiger partial charge in [0, 0.05) is 31.8 Å². The van der Waals surface area contributed by atoms with Crippen molar-refractivity contribution in [2.75, 3.05) is 24.5 Å². The molecule has 2 atom stereocenters. The van der Waals surface area contributed by atoms with Crippen molar-refractivity contribution in [2.45, 2.75) is 57.2 Å². The number of amides is 1. The summed E-state index contributed by atoms with van der Waals surface area (Å²) in [5.74, 6) is -1.69. The molecule has 1 saturated heterocycles. The van der Waals surface area contributed by atoms with Crippen LogP contribution in [0.4, 0.5) is 24.5 Å². The number of carbonyl (C=O) groups is 1. The van der Waals surface area contributed by atoms with Crippen LogP contribution in [0.5, 0.6) is 0 Å². The lowest BCUT2D eigenvalue weighted by Gasteiger charge is -2.37. The second-order valence-corrected chi connectivity index (χ2v) is 8.87. The Balaban J connectivity index is 1.76. The first-order valence-electron chi connectivity index (χ1n) is 10.6. The molecule has 2 fully saturated rings. The van der Waals surface area contributed by atoms with Crippen molar-refractivity contribution in [3.8, 4) is 0 Å². The quantitative estimate of drug-likeness (QED) is 0.529. The molecular weight excluding hydrogens is 415 g/mol. The largest absolute Gasteiger partial charge is 0.391 e. The molecule has 0 unspecified atom stereocenters. The molecule has 0 bridgehead atoms. The van der Waals surface area contributed by atoms with Crippen LogP contribution in [0, 0.1) is 22.0 Å². The van der Waals surface area contributed by atoms with Crippen LogP contribution in [0.1, 0.15) is 55.8 Å². The van der Waals surface area contributed by atoms with Crippen molar-refractivity contribution >= 4 is 17.3 Å². The van der Waals surface area contributed by atoms with Gasteiger partial charge in [-0.3, -0.25) is 14.9 Å². The SMILES string of the molecule is CC1CCN(c2ccc([N+](=O)[O-])cc2C(=O)NC[C@@]2(O)CCC[C@H](C(F)(F)F)C2)CC1. The normalized spacial score (nSPS) is 25.3. The Morgan fingerprint density at radius 2 is 2.00 bits per heavy atom. The summed E-state index contributed by atoms with van der Waals surface area (Å²) in [6, 6.07) is 4.07. The number of halogens is 3. The van der Waals surface area contributed by atoms with Crippen molar-refractivity contribution in [2.24, 2.45) is 11.8 Å². The van der Waals surface area contributed by atoms with E-state index in [0.717, 1.165) is 12.8 Å². The van der Waals surface area contributed by atoms with Gasteiger partial charge in [0.15, 0.2) is 0 Å². The zero-order valence-electron chi connectivity index (χ0n) is 17.5. The third kappa shape index (κ3) is 5.66. The average molecular weight is 443 g/mol. The van der Waals surface area contributed by atoms with Gasteiger partial charge in [-0.1, -0.05) is 6.92 Å². The molecule has 1 heterocycles. The monoisotopic (exact) mass is 443 g/mol. The summed E-state index contributed by atoms with van der Waals surface area (Å²) >= 11 is 0. The number of benzene rings is 1. The summed E-state index contributed by atoms with van der Waals surface area (Å²) in [7, 11) is 0. The number of alkyl halides is 3. The van der Waals surface area contributed by atoms with E-state index >= 15 is 0 Å². The molecule has 0 radical (unpaired) electrons. The Kier molecular flexibility index (Phi) is 6.78. The number of non-ortho nitro benzene ring substituents is 1. The highest BCUT2D eigenvalue weighted by molar-refractivity contribution is 6.00. The first kappa shape index (κ1) is 23.3. The third-order valence-electron chi connectivity index (χ3n) is 6.42. The molecule has 1 aromatic carbocycles. The van der Waals surface area contributed by atoms with Crippen molar-refractivity contribution in [1.82, 2.24) is 5.32 Å². The molecule has 1 aliphatic carbocycles. The summed E-state index contributed by atoms with van der Waals surface area (Å²) in [5.41, 5.74) is -1.25. The molecule has 1 aromatic rings. The van der Waals surface area contributed by atoms with E-state index in [4.69, 9.17) is 0 Å². The van der Waals surface area contributed by atoms with Gasteiger partial charge in [-0.25, -0.2) is 0 Å². The van der Waals surface area contributed by atoms with E-state index in [1.165, 1.54) is 18.2 Å². The minimum Gasteiger partial charge on any atom is -0.388 e. The summed E-state index contributed by atoms with van der Waals surface area (Å²) in [6.07, 6.45) is -2.68. The molecule has 2 N–H and O–H groups in total. The number of nitrogens with one attached hydrogen (secondary N) is 1. The summed E-state index contributed by atoms with van der Waals surface area (Å²) < 4.78 is 39.3. The molecule has 0 spiro atoms. The number of hydrogen-bond acceptors (Lipinski definition) is 5. The number of nitrogens with zero attached hydrogens (tertiary/aromatic N) is 2. The molecule has 1 amide bonds. The number of nitro benzene ring substituents is 1. The molecule has 7 nitrogen and oxygen atoms in total. The molecule has 1 aliphatic heterocycles. The van der Waals surface area contributed by atoms with Gasteiger partial charge in [0.2, 0.25) is 0 Å². The lowest BCUT2D eigenvalue weighted by Crippen LogP contribution is -2.48. The van der Waals surface area contributed by atoms with E-state index in [1.807, 2.05) is 4.90 Å². The number of rotatable bonds is 5. The maximum absolute atomic E-state index is 13.1. The second-order valence-electron chi connectivity index (χ2n) is 8.87. The topological polar surface area (TPSA) is 95.7 Å². The molecule has 10 heteroatoms. The third-order valence-corrected chi connectivity index (χ3v) is 6.42. The minimum absolute atomic E-state index is 0.0395. The van der Waals surface area contributed by atoms with Crippen LogP contribution in [-0.4, -0.2) is 47.3 Å². The van der Waals surface area contributed by atoms with E-state index in [9.17, 15) is 33.2 Å². The molecule has 3 rings (SSSR count). The minimum atomic E-state index is -4.39. The summed E-state index contributed by atoms with van der Waals surface area (Å²) in [5, 5.41) is 24.4. The van der Waals surface area contributed by atoms with Crippen LogP contribution in [0.2, 0.25) is 0 Å². The van der Waals surface area contributed by atoms with Crippen LogP contribution in [0.15, 0.2) is 18.2 Å². The van der Waals surface area contributed by atoms with E-state index in [0.29, 0.717) is 24.7 Å². The van der Waals surface area contributed by atoms with Crippen molar-refractivity contribution in [1.29, 1.82) is 0 Å². The van der Waals surface area contributed by atoms with Crippen LogP contribution >= 0.6 is 0 Å². The van der Waals surface area contributed by atoms with E-state index in [-0.39, 0.29) is 37.1 Å². The van der Waals surface area contributed by atoms with Crippen molar-refractivity contribution in [3.63, 3.8) is 0 Å². The number of piperidine rings is 1. The average Bonchev–Trinajstić information content (AvgIpc) is 2.71. The Bertz CT molecular complexity index is 825. The standard InChI is InChI=1S/C21H28F3N3O4/c1-14-6-9-26(10-7-14)18-5-4-16(27(30)31)11-17(18)19(28)25-13-20(29)8-2-3-15(12-20)21(22,23)24/h4-5,11,14-15,29H,2-3,6-10,12-13H2,1H3,(H,25,28)/t15-,20+/m0/s1. The zero-order valence-corrected chi connectivity index (χ0v) is 17.5. The van der Waals surface area contributed by atoms with Gasteiger partial charge in [-0.05, 0) is 50.5 Å². The zero-order chi connectivity index (χ0) is 22.8. The molecule has 172 valence electrons. The lowest BCUT2D eigenvalue weighted by atomic mass is 9.77. The predicted molar refractivity (Wildman–Crippen MR) is 109 cm³/mol. The maximum Gasteiger partial charge on any atom is 0.391 e. The lowest BCUT2D eigenvalue weighted by molar-refractivity contribution is -0.384. The number of hydrogen-bond donors (Lipinski definition) is 2. The van der Waals surface area contributed by atoms with Crippen molar-refractivity contribution < 1.29 is 28.0 Å². The van der Waals surface area contributed by atoms with Gasteiger partial charge in [0.25, 0.3) is 11.6 Å². The second kappa shape index (κ2) is 9.02. The van der Waals surface area contributed by atoms with Crippen molar-refractivity contribution in [3.05, 3.63) is 33.9 Å². The highest BCUT2D eigenvalue weighted by Gasteiger charge is 2.47. The Hall–Kier alpha value is -2.36. The Labute approximate surface area is 178 Å². The number of anilines is 1. The number of nitro groups is 1.